The number of nitrogens with zero attached hydrogens (tertiary/aromatic N) is 3. The average molecular weight is 341 g/mol. The van der Waals surface area contributed by atoms with Gasteiger partial charge in [0.1, 0.15) is 18.1 Å². The van der Waals surface area contributed by atoms with Gasteiger partial charge in [-0.25, -0.2) is 4.98 Å². The minimum atomic E-state index is -4.33. The quantitative estimate of drug-likeness (QED) is 0.812. The number of aromatic nitrogens is 2. The first-order valence-corrected chi connectivity index (χ1v) is 7.22. The van der Waals surface area contributed by atoms with Crippen molar-refractivity contribution >= 4 is 5.91 Å². The predicted molar refractivity (Wildman–Crippen MR) is 81.5 cm³/mol. The third-order valence-corrected chi connectivity index (χ3v) is 3.45. The van der Waals surface area contributed by atoms with E-state index in [0.29, 0.717) is 5.75 Å². The highest BCUT2D eigenvalue weighted by Crippen LogP contribution is 2.19. The fourth-order valence-electron chi connectivity index (χ4n) is 2.22. The van der Waals surface area contributed by atoms with Gasteiger partial charge in [-0.1, -0.05) is 12.1 Å². The normalized spacial score (nSPS) is 11.4. The van der Waals surface area contributed by atoms with Crippen LogP contribution in [-0.2, 0) is 24.3 Å². The van der Waals surface area contributed by atoms with Gasteiger partial charge in [0.25, 0.3) is 0 Å². The number of imidazole rings is 1. The van der Waals surface area contributed by atoms with E-state index in [0.717, 1.165) is 10.1 Å². The first-order valence-electron chi connectivity index (χ1n) is 7.22. The number of halogens is 3. The molecule has 0 unspecified atom stereocenters. The Hall–Kier alpha value is -2.51. The van der Waals surface area contributed by atoms with Crippen LogP contribution in [0, 0.1) is 0 Å². The molecule has 0 saturated heterocycles. The standard InChI is InChI=1S/C16H18F3N3O2/c1-21(10-14-20-6-7-22(14)11-16(17,18)19)15(23)9-12-4-3-5-13(8-12)24-2/h3-8H,9-11H2,1-2H3. The summed E-state index contributed by atoms with van der Waals surface area (Å²) in [7, 11) is 3.07. The molecule has 130 valence electrons. The van der Waals surface area contributed by atoms with E-state index in [1.165, 1.54) is 31.5 Å². The van der Waals surface area contributed by atoms with Crippen LogP contribution in [0.4, 0.5) is 13.2 Å². The van der Waals surface area contributed by atoms with E-state index in [1.54, 1.807) is 24.3 Å². The van der Waals surface area contributed by atoms with Crippen LogP contribution in [-0.4, -0.2) is 40.7 Å². The van der Waals surface area contributed by atoms with Crippen molar-refractivity contribution in [1.82, 2.24) is 14.5 Å². The number of hydrogen-bond acceptors (Lipinski definition) is 3. The van der Waals surface area contributed by atoms with Crippen molar-refractivity contribution in [3.05, 3.63) is 48.0 Å². The van der Waals surface area contributed by atoms with Gasteiger partial charge in [-0.2, -0.15) is 13.2 Å². The summed E-state index contributed by atoms with van der Waals surface area (Å²) in [5, 5.41) is 0. The van der Waals surface area contributed by atoms with Crippen molar-refractivity contribution in [2.45, 2.75) is 25.7 Å². The number of ether oxygens (including phenoxy) is 1. The zero-order valence-electron chi connectivity index (χ0n) is 13.4. The Labute approximate surface area is 137 Å². The molecule has 1 amide bonds. The lowest BCUT2D eigenvalue weighted by atomic mass is 10.1. The molecule has 1 aromatic heterocycles. The van der Waals surface area contributed by atoms with Crippen LogP contribution in [0.1, 0.15) is 11.4 Å². The van der Waals surface area contributed by atoms with Crippen molar-refractivity contribution in [2.75, 3.05) is 14.2 Å². The van der Waals surface area contributed by atoms with Gasteiger partial charge in [-0.3, -0.25) is 4.79 Å². The highest BCUT2D eigenvalue weighted by molar-refractivity contribution is 5.78. The molecule has 0 saturated carbocycles. The maximum Gasteiger partial charge on any atom is 0.406 e. The van der Waals surface area contributed by atoms with E-state index in [4.69, 9.17) is 4.74 Å². The van der Waals surface area contributed by atoms with Gasteiger partial charge in [0, 0.05) is 19.4 Å². The molecule has 1 aromatic carbocycles. The van der Waals surface area contributed by atoms with Gasteiger partial charge in [0.05, 0.1) is 20.1 Å². The van der Waals surface area contributed by atoms with Gasteiger partial charge in [0.2, 0.25) is 5.91 Å². The van der Waals surface area contributed by atoms with Gasteiger partial charge in [0.15, 0.2) is 0 Å². The Morgan fingerprint density at radius 3 is 2.79 bits per heavy atom. The van der Waals surface area contributed by atoms with Gasteiger partial charge >= 0.3 is 6.18 Å². The van der Waals surface area contributed by atoms with Crippen LogP contribution >= 0.6 is 0 Å². The second kappa shape index (κ2) is 7.37. The van der Waals surface area contributed by atoms with E-state index in [-0.39, 0.29) is 24.7 Å². The maximum absolute atomic E-state index is 12.5. The molecule has 0 aliphatic carbocycles. The van der Waals surface area contributed by atoms with E-state index in [2.05, 4.69) is 4.98 Å². The number of methoxy groups -OCH3 is 1. The molecule has 1 heterocycles. The molecule has 24 heavy (non-hydrogen) atoms. The number of amides is 1. The number of benzene rings is 1. The van der Waals surface area contributed by atoms with Crippen LogP contribution in [0.5, 0.6) is 5.75 Å². The van der Waals surface area contributed by atoms with Crippen molar-refractivity contribution < 1.29 is 22.7 Å². The zero-order valence-corrected chi connectivity index (χ0v) is 13.4. The molecule has 0 atom stereocenters. The summed E-state index contributed by atoms with van der Waals surface area (Å²) in [6.07, 6.45) is -1.66. The van der Waals surface area contributed by atoms with Crippen molar-refractivity contribution in [1.29, 1.82) is 0 Å². The van der Waals surface area contributed by atoms with Gasteiger partial charge in [-0.05, 0) is 17.7 Å². The summed E-state index contributed by atoms with van der Waals surface area (Å²) < 4.78 is 43.6. The highest BCUT2D eigenvalue weighted by atomic mass is 19.4. The number of rotatable bonds is 6. The van der Waals surface area contributed by atoms with Crippen LogP contribution in [0.2, 0.25) is 0 Å². The fraction of sp³-hybridized carbons (Fsp3) is 0.375. The van der Waals surface area contributed by atoms with Crippen LogP contribution in [0.25, 0.3) is 0 Å². The Kier molecular flexibility index (Phi) is 5.48. The Balaban J connectivity index is 2.00. The zero-order chi connectivity index (χ0) is 17.7. The largest absolute Gasteiger partial charge is 0.497 e. The average Bonchev–Trinajstić information content (AvgIpc) is 2.92. The third kappa shape index (κ3) is 5.00. The molecular weight excluding hydrogens is 323 g/mol. The van der Waals surface area contributed by atoms with E-state index in [9.17, 15) is 18.0 Å². The summed E-state index contributed by atoms with van der Waals surface area (Å²) in [5.74, 6) is 0.613. The van der Waals surface area contributed by atoms with E-state index < -0.39 is 12.7 Å². The lowest BCUT2D eigenvalue weighted by molar-refractivity contribution is -0.141. The fourth-order valence-corrected chi connectivity index (χ4v) is 2.22. The second-order valence-corrected chi connectivity index (χ2v) is 5.36. The van der Waals surface area contributed by atoms with Crippen LogP contribution in [0.15, 0.2) is 36.7 Å². The van der Waals surface area contributed by atoms with Crippen molar-refractivity contribution in [3.63, 3.8) is 0 Å². The summed E-state index contributed by atoms with van der Waals surface area (Å²) in [6, 6.07) is 7.08. The molecule has 2 aromatic rings. The predicted octanol–water partition coefficient (Wildman–Crippen LogP) is 2.66. The molecule has 0 fully saturated rings. The highest BCUT2D eigenvalue weighted by Gasteiger charge is 2.29. The lowest BCUT2D eigenvalue weighted by Gasteiger charge is -2.18. The lowest BCUT2D eigenvalue weighted by Crippen LogP contribution is -2.30. The SMILES string of the molecule is COc1cccc(CC(=O)N(C)Cc2nccn2CC(F)(F)F)c1. The Morgan fingerprint density at radius 1 is 1.38 bits per heavy atom. The summed E-state index contributed by atoms with van der Waals surface area (Å²) in [5.41, 5.74) is 0.768. The third-order valence-electron chi connectivity index (χ3n) is 3.45. The van der Waals surface area contributed by atoms with Gasteiger partial charge < -0.3 is 14.2 Å². The minimum absolute atomic E-state index is 0.00584. The molecule has 0 spiro atoms. The molecule has 0 radical (unpaired) electrons. The maximum atomic E-state index is 12.5. The number of carbonyl (C=O) groups excluding carboxylic acids is 1. The summed E-state index contributed by atoms with van der Waals surface area (Å²) in [6.45, 7) is -1.12. The van der Waals surface area contributed by atoms with Crippen molar-refractivity contribution in [3.8, 4) is 5.75 Å². The Morgan fingerprint density at radius 2 is 2.12 bits per heavy atom. The summed E-state index contributed by atoms with van der Waals surface area (Å²) in [4.78, 5) is 17.5. The van der Waals surface area contributed by atoms with Gasteiger partial charge in [-0.15, -0.1) is 0 Å². The molecular formula is C16H18F3N3O2. The van der Waals surface area contributed by atoms with E-state index in [1.807, 2.05) is 0 Å². The topological polar surface area (TPSA) is 47.4 Å². The number of hydrogen-bond donors (Lipinski definition) is 0. The number of alkyl halides is 3. The molecule has 0 N–H and O–H groups in total. The smallest absolute Gasteiger partial charge is 0.406 e. The first kappa shape index (κ1) is 17.8. The molecule has 0 aliphatic rings. The summed E-state index contributed by atoms with van der Waals surface area (Å²) >= 11 is 0. The number of likely N-dealkylation sites (N-methyl/N-ethyl adjacent to an activating group) is 1. The second-order valence-electron chi connectivity index (χ2n) is 5.36. The van der Waals surface area contributed by atoms with Crippen LogP contribution in [0.3, 0.4) is 0 Å². The Bertz CT molecular complexity index is 698. The molecule has 0 bridgehead atoms. The first-order chi connectivity index (χ1) is 11.3. The molecule has 5 nitrogen and oxygen atoms in total. The van der Waals surface area contributed by atoms with Crippen molar-refractivity contribution in [2.24, 2.45) is 0 Å². The molecule has 8 heteroatoms. The van der Waals surface area contributed by atoms with Crippen LogP contribution < -0.4 is 4.74 Å². The molecule has 2 rings (SSSR count). The molecule has 0 aliphatic heterocycles. The van der Waals surface area contributed by atoms with E-state index >= 15 is 0 Å². The minimum Gasteiger partial charge on any atom is -0.497 e. The number of carbonyl (C=O) groups is 1. The monoisotopic (exact) mass is 341 g/mol.